The Labute approximate surface area is 113 Å². The molecule has 2 atom stereocenters. The van der Waals surface area contributed by atoms with Crippen molar-refractivity contribution in [2.24, 2.45) is 5.92 Å². The van der Waals surface area contributed by atoms with E-state index in [4.69, 9.17) is 0 Å². The van der Waals surface area contributed by atoms with Gasteiger partial charge in [-0.25, -0.2) is 9.67 Å². The van der Waals surface area contributed by atoms with Crippen molar-refractivity contribution in [3.8, 4) is 0 Å². The summed E-state index contributed by atoms with van der Waals surface area (Å²) in [6.07, 6.45) is 7.30. The standard InChI is InChI=1S/C15H20N4/c1-12-3-2-4-15(12)18-14-7-5-13(6-8-14)9-19-11-16-10-17-19/h5-8,10-12,15,18H,2-4,9H2,1H3. The lowest BCUT2D eigenvalue weighted by atomic mass is 10.1. The van der Waals surface area contributed by atoms with Crippen molar-refractivity contribution in [1.29, 1.82) is 0 Å². The van der Waals surface area contributed by atoms with Gasteiger partial charge in [0.15, 0.2) is 0 Å². The zero-order valence-corrected chi connectivity index (χ0v) is 11.3. The Balaban J connectivity index is 1.62. The summed E-state index contributed by atoms with van der Waals surface area (Å²) in [7, 11) is 0. The normalized spacial score (nSPS) is 22.6. The summed E-state index contributed by atoms with van der Waals surface area (Å²) in [4.78, 5) is 3.95. The molecule has 1 aliphatic rings. The molecule has 100 valence electrons. The van der Waals surface area contributed by atoms with Gasteiger partial charge in [-0.3, -0.25) is 0 Å². The largest absolute Gasteiger partial charge is 0.382 e. The molecule has 1 fully saturated rings. The van der Waals surface area contributed by atoms with Crippen molar-refractivity contribution < 1.29 is 0 Å². The summed E-state index contributed by atoms with van der Waals surface area (Å²) >= 11 is 0. The maximum absolute atomic E-state index is 4.12. The molecule has 2 aromatic rings. The molecule has 1 N–H and O–H groups in total. The average Bonchev–Trinajstić information content (AvgIpc) is 3.05. The van der Waals surface area contributed by atoms with Crippen molar-refractivity contribution in [1.82, 2.24) is 14.8 Å². The first-order chi connectivity index (χ1) is 9.31. The van der Waals surface area contributed by atoms with Crippen LogP contribution in [0, 0.1) is 5.92 Å². The van der Waals surface area contributed by atoms with E-state index in [0.717, 1.165) is 12.5 Å². The third-order valence-corrected chi connectivity index (χ3v) is 3.98. The van der Waals surface area contributed by atoms with Gasteiger partial charge in [-0.1, -0.05) is 25.5 Å². The Hall–Kier alpha value is -1.84. The molecule has 0 bridgehead atoms. The average molecular weight is 256 g/mol. The van der Waals surface area contributed by atoms with Gasteiger partial charge in [0.25, 0.3) is 0 Å². The number of aromatic nitrogens is 3. The van der Waals surface area contributed by atoms with Crippen LogP contribution in [-0.4, -0.2) is 20.8 Å². The second kappa shape index (κ2) is 5.43. The van der Waals surface area contributed by atoms with Crippen molar-refractivity contribution in [2.75, 3.05) is 5.32 Å². The molecule has 1 saturated carbocycles. The van der Waals surface area contributed by atoms with E-state index in [2.05, 4.69) is 46.6 Å². The highest BCUT2D eigenvalue weighted by molar-refractivity contribution is 5.45. The maximum atomic E-state index is 4.12. The van der Waals surface area contributed by atoms with Crippen LogP contribution in [0.3, 0.4) is 0 Å². The summed E-state index contributed by atoms with van der Waals surface area (Å²) in [6, 6.07) is 9.28. The van der Waals surface area contributed by atoms with Crippen LogP contribution < -0.4 is 5.32 Å². The zero-order chi connectivity index (χ0) is 13.1. The summed E-state index contributed by atoms with van der Waals surface area (Å²) in [5.74, 6) is 0.787. The van der Waals surface area contributed by atoms with E-state index in [1.807, 2.05) is 4.68 Å². The Morgan fingerprint density at radius 1 is 1.26 bits per heavy atom. The minimum Gasteiger partial charge on any atom is -0.382 e. The van der Waals surface area contributed by atoms with E-state index < -0.39 is 0 Å². The van der Waals surface area contributed by atoms with Gasteiger partial charge in [0.1, 0.15) is 12.7 Å². The molecule has 4 nitrogen and oxygen atoms in total. The van der Waals surface area contributed by atoms with Crippen LogP contribution in [0.4, 0.5) is 5.69 Å². The Kier molecular flexibility index (Phi) is 3.49. The Bertz CT molecular complexity index is 503. The van der Waals surface area contributed by atoms with E-state index in [9.17, 15) is 0 Å². The SMILES string of the molecule is CC1CCCC1Nc1ccc(Cn2cncn2)cc1. The van der Waals surface area contributed by atoms with Gasteiger partial charge in [-0.05, 0) is 36.5 Å². The van der Waals surface area contributed by atoms with E-state index in [1.165, 1.54) is 30.5 Å². The minimum atomic E-state index is 0.640. The third-order valence-electron chi connectivity index (χ3n) is 3.98. The van der Waals surface area contributed by atoms with Crippen molar-refractivity contribution in [2.45, 2.75) is 38.8 Å². The van der Waals surface area contributed by atoms with Gasteiger partial charge >= 0.3 is 0 Å². The van der Waals surface area contributed by atoms with Crippen LogP contribution in [0.5, 0.6) is 0 Å². The lowest BCUT2D eigenvalue weighted by molar-refractivity contribution is 0.556. The van der Waals surface area contributed by atoms with Crippen LogP contribution >= 0.6 is 0 Å². The molecule has 2 unspecified atom stereocenters. The lowest BCUT2D eigenvalue weighted by Gasteiger charge is -2.18. The third kappa shape index (κ3) is 2.95. The predicted octanol–water partition coefficient (Wildman–Crippen LogP) is 2.93. The fourth-order valence-electron chi connectivity index (χ4n) is 2.78. The highest BCUT2D eigenvalue weighted by Gasteiger charge is 2.22. The van der Waals surface area contributed by atoms with Crippen LogP contribution in [0.15, 0.2) is 36.9 Å². The van der Waals surface area contributed by atoms with Crippen molar-refractivity contribution in [3.63, 3.8) is 0 Å². The first-order valence-corrected chi connectivity index (χ1v) is 6.99. The topological polar surface area (TPSA) is 42.7 Å². The quantitative estimate of drug-likeness (QED) is 0.914. The second-order valence-electron chi connectivity index (χ2n) is 5.45. The number of hydrogen-bond acceptors (Lipinski definition) is 3. The van der Waals surface area contributed by atoms with Crippen LogP contribution in [0.2, 0.25) is 0 Å². The van der Waals surface area contributed by atoms with E-state index in [1.54, 1.807) is 12.7 Å². The van der Waals surface area contributed by atoms with Gasteiger partial charge in [0.05, 0.1) is 6.54 Å². The molecule has 0 radical (unpaired) electrons. The fourth-order valence-corrected chi connectivity index (χ4v) is 2.78. The number of rotatable bonds is 4. The Morgan fingerprint density at radius 2 is 2.11 bits per heavy atom. The molecule has 0 aliphatic heterocycles. The molecule has 0 amide bonds. The zero-order valence-electron chi connectivity index (χ0n) is 11.3. The van der Waals surface area contributed by atoms with E-state index in [0.29, 0.717) is 6.04 Å². The summed E-state index contributed by atoms with van der Waals surface area (Å²) < 4.78 is 1.83. The maximum Gasteiger partial charge on any atom is 0.137 e. The number of hydrogen-bond donors (Lipinski definition) is 1. The van der Waals surface area contributed by atoms with E-state index >= 15 is 0 Å². The molecular formula is C15H20N4. The Morgan fingerprint density at radius 3 is 2.74 bits per heavy atom. The molecule has 19 heavy (non-hydrogen) atoms. The first-order valence-electron chi connectivity index (χ1n) is 6.99. The van der Waals surface area contributed by atoms with Gasteiger partial charge in [0.2, 0.25) is 0 Å². The highest BCUT2D eigenvalue weighted by Crippen LogP contribution is 2.28. The molecule has 1 heterocycles. The fraction of sp³-hybridized carbons (Fsp3) is 0.467. The first kappa shape index (κ1) is 12.2. The number of anilines is 1. The molecule has 1 aromatic carbocycles. The predicted molar refractivity (Wildman–Crippen MR) is 76.0 cm³/mol. The van der Waals surface area contributed by atoms with Crippen LogP contribution in [0.1, 0.15) is 31.7 Å². The molecule has 4 heteroatoms. The van der Waals surface area contributed by atoms with Gasteiger partial charge in [-0.15, -0.1) is 0 Å². The van der Waals surface area contributed by atoms with Gasteiger partial charge in [-0.2, -0.15) is 5.10 Å². The summed E-state index contributed by atoms with van der Waals surface area (Å²) in [5.41, 5.74) is 2.47. The van der Waals surface area contributed by atoms with Crippen LogP contribution in [-0.2, 0) is 6.54 Å². The van der Waals surface area contributed by atoms with Crippen molar-refractivity contribution in [3.05, 3.63) is 42.5 Å². The number of nitrogens with zero attached hydrogens (tertiary/aromatic N) is 3. The molecule has 1 aliphatic carbocycles. The highest BCUT2D eigenvalue weighted by atomic mass is 15.3. The van der Waals surface area contributed by atoms with Crippen molar-refractivity contribution >= 4 is 5.69 Å². The van der Waals surface area contributed by atoms with Gasteiger partial charge < -0.3 is 5.32 Å². The molecular weight excluding hydrogens is 236 g/mol. The molecule has 0 spiro atoms. The van der Waals surface area contributed by atoms with Gasteiger partial charge in [0, 0.05) is 11.7 Å². The molecule has 3 rings (SSSR count). The minimum absolute atomic E-state index is 0.640. The molecule has 1 aromatic heterocycles. The second-order valence-corrected chi connectivity index (χ2v) is 5.45. The summed E-state index contributed by atoms with van der Waals surface area (Å²) in [5, 5.41) is 7.76. The number of nitrogens with one attached hydrogen (secondary N) is 1. The monoisotopic (exact) mass is 256 g/mol. The smallest absolute Gasteiger partial charge is 0.137 e. The lowest BCUT2D eigenvalue weighted by Crippen LogP contribution is -2.21. The summed E-state index contributed by atoms with van der Waals surface area (Å²) in [6.45, 7) is 3.11. The molecule has 0 saturated heterocycles. The van der Waals surface area contributed by atoms with E-state index in [-0.39, 0.29) is 0 Å². The van der Waals surface area contributed by atoms with Crippen LogP contribution in [0.25, 0.3) is 0 Å². The number of benzene rings is 1.